The molecule has 1 saturated carbocycles. The summed E-state index contributed by atoms with van der Waals surface area (Å²) in [6.07, 6.45) is 7.53. The second-order valence-electron chi connectivity index (χ2n) is 8.24. The molecule has 1 unspecified atom stereocenters. The Bertz CT molecular complexity index is 1040. The van der Waals surface area contributed by atoms with Crippen molar-refractivity contribution in [2.24, 2.45) is 5.92 Å². The van der Waals surface area contributed by atoms with Gasteiger partial charge in [-0.3, -0.25) is 4.79 Å². The van der Waals surface area contributed by atoms with Crippen molar-refractivity contribution in [1.82, 2.24) is 14.9 Å². The number of amides is 1. The molecule has 5 nitrogen and oxygen atoms in total. The van der Waals surface area contributed by atoms with Crippen LogP contribution >= 0.6 is 0 Å². The van der Waals surface area contributed by atoms with Gasteiger partial charge in [0.1, 0.15) is 5.82 Å². The number of hydrogen-bond donors (Lipinski definition) is 2. The first kappa shape index (κ1) is 19.0. The number of imidazole rings is 1. The molecule has 1 aliphatic heterocycles. The molecular formula is C24H25FN4O. The highest BCUT2D eigenvalue weighted by atomic mass is 19.1. The SMILES string of the molecule is O=C(Nc1ccc(F)cc1)C1CCC(NCC2c3ccccc3-c3cncn32)CC1. The Morgan fingerprint density at radius 2 is 1.83 bits per heavy atom. The average Bonchev–Trinajstić information content (AvgIpc) is 3.36. The Labute approximate surface area is 175 Å². The third-order valence-corrected chi connectivity index (χ3v) is 6.41. The van der Waals surface area contributed by atoms with Crippen molar-refractivity contribution < 1.29 is 9.18 Å². The van der Waals surface area contributed by atoms with Crippen LogP contribution in [-0.2, 0) is 4.79 Å². The van der Waals surface area contributed by atoms with E-state index in [2.05, 4.69) is 44.5 Å². The Morgan fingerprint density at radius 3 is 2.63 bits per heavy atom. The van der Waals surface area contributed by atoms with Crippen molar-refractivity contribution in [2.45, 2.75) is 37.8 Å². The van der Waals surface area contributed by atoms with Crippen LogP contribution in [0.5, 0.6) is 0 Å². The fraction of sp³-hybridized carbons (Fsp3) is 0.333. The predicted octanol–water partition coefficient (Wildman–Crippen LogP) is 4.38. The lowest BCUT2D eigenvalue weighted by molar-refractivity contribution is -0.120. The van der Waals surface area contributed by atoms with E-state index < -0.39 is 0 Å². The lowest BCUT2D eigenvalue weighted by Gasteiger charge is -2.29. The standard InChI is InChI=1S/C24H25FN4O/c25-17-7-11-19(12-8-17)28-24(30)16-5-9-18(10-6-16)27-14-23-21-4-2-1-3-20(21)22-13-26-15-29(22)23/h1-4,7-8,11-13,15-16,18,23,27H,5-6,9-10,14H2,(H,28,30). The third-order valence-electron chi connectivity index (χ3n) is 6.41. The lowest BCUT2D eigenvalue weighted by atomic mass is 9.85. The quantitative estimate of drug-likeness (QED) is 0.664. The molecule has 1 amide bonds. The number of aromatic nitrogens is 2. The van der Waals surface area contributed by atoms with Crippen molar-refractivity contribution in [3.05, 3.63) is 72.4 Å². The van der Waals surface area contributed by atoms with Crippen molar-refractivity contribution in [2.75, 3.05) is 11.9 Å². The van der Waals surface area contributed by atoms with Gasteiger partial charge in [0.15, 0.2) is 0 Å². The zero-order valence-corrected chi connectivity index (χ0v) is 16.7. The summed E-state index contributed by atoms with van der Waals surface area (Å²) < 4.78 is 15.3. The largest absolute Gasteiger partial charge is 0.326 e. The van der Waals surface area contributed by atoms with Crippen molar-refractivity contribution in [3.8, 4) is 11.3 Å². The average molecular weight is 404 g/mol. The van der Waals surface area contributed by atoms with Crippen LogP contribution in [0.4, 0.5) is 10.1 Å². The number of fused-ring (bicyclic) bond motifs is 3. The maximum absolute atomic E-state index is 13.0. The van der Waals surface area contributed by atoms with Crippen LogP contribution in [0.1, 0.15) is 37.3 Å². The molecule has 2 heterocycles. The summed E-state index contributed by atoms with van der Waals surface area (Å²) in [4.78, 5) is 16.9. The maximum atomic E-state index is 13.0. The topological polar surface area (TPSA) is 59.0 Å². The molecule has 5 rings (SSSR count). The van der Waals surface area contributed by atoms with Gasteiger partial charge in [-0.2, -0.15) is 0 Å². The summed E-state index contributed by atoms with van der Waals surface area (Å²) in [5, 5.41) is 6.64. The molecule has 1 aromatic heterocycles. The molecule has 30 heavy (non-hydrogen) atoms. The number of anilines is 1. The number of carbonyl (C=O) groups is 1. The molecule has 0 saturated heterocycles. The summed E-state index contributed by atoms with van der Waals surface area (Å²) in [5.41, 5.74) is 4.44. The maximum Gasteiger partial charge on any atom is 0.227 e. The van der Waals surface area contributed by atoms with E-state index in [4.69, 9.17) is 0 Å². The minimum atomic E-state index is -0.299. The molecule has 0 bridgehead atoms. The van der Waals surface area contributed by atoms with Crippen LogP contribution in [0, 0.1) is 11.7 Å². The van der Waals surface area contributed by atoms with E-state index in [0.717, 1.165) is 32.2 Å². The van der Waals surface area contributed by atoms with Gasteiger partial charge >= 0.3 is 0 Å². The van der Waals surface area contributed by atoms with Crippen molar-refractivity contribution >= 4 is 11.6 Å². The van der Waals surface area contributed by atoms with E-state index in [1.807, 2.05) is 12.5 Å². The molecule has 1 aliphatic carbocycles. The smallest absolute Gasteiger partial charge is 0.227 e. The van der Waals surface area contributed by atoms with Gasteiger partial charge in [-0.1, -0.05) is 24.3 Å². The van der Waals surface area contributed by atoms with Gasteiger partial charge in [-0.05, 0) is 55.5 Å². The lowest BCUT2D eigenvalue weighted by Crippen LogP contribution is -2.38. The highest BCUT2D eigenvalue weighted by Crippen LogP contribution is 2.38. The van der Waals surface area contributed by atoms with Crippen LogP contribution in [0.15, 0.2) is 61.1 Å². The predicted molar refractivity (Wildman–Crippen MR) is 115 cm³/mol. The van der Waals surface area contributed by atoms with Gasteiger partial charge < -0.3 is 15.2 Å². The van der Waals surface area contributed by atoms with E-state index in [1.165, 1.54) is 29.0 Å². The molecule has 0 spiro atoms. The summed E-state index contributed by atoms with van der Waals surface area (Å²) in [5.74, 6) is -0.249. The van der Waals surface area contributed by atoms with Gasteiger partial charge in [0.2, 0.25) is 5.91 Å². The number of carbonyl (C=O) groups excluding carboxylic acids is 1. The summed E-state index contributed by atoms with van der Waals surface area (Å²) in [6, 6.07) is 15.1. The first-order chi connectivity index (χ1) is 14.7. The third kappa shape index (κ3) is 3.63. The fourth-order valence-corrected chi connectivity index (χ4v) is 4.76. The molecule has 2 aliphatic rings. The molecular weight excluding hydrogens is 379 g/mol. The number of halogens is 1. The minimum Gasteiger partial charge on any atom is -0.326 e. The van der Waals surface area contributed by atoms with E-state index in [-0.39, 0.29) is 23.7 Å². The number of rotatable bonds is 5. The normalized spacial score (nSPS) is 22.4. The number of nitrogens with one attached hydrogen (secondary N) is 2. The van der Waals surface area contributed by atoms with Gasteiger partial charge in [-0.15, -0.1) is 0 Å². The monoisotopic (exact) mass is 404 g/mol. The molecule has 6 heteroatoms. The summed E-state index contributed by atoms with van der Waals surface area (Å²) in [7, 11) is 0. The second-order valence-corrected chi connectivity index (χ2v) is 8.24. The number of benzene rings is 2. The van der Waals surface area contributed by atoms with Gasteiger partial charge in [0.05, 0.1) is 24.3 Å². The Balaban J connectivity index is 1.15. The molecule has 1 fully saturated rings. The molecule has 154 valence electrons. The zero-order valence-electron chi connectivity index (χ0n) is 16.7. The fourth-order valence-electron chi connectivity index (χ4n) is 4.76. The summed E-state index contributed by atoms with van der Waals surface area (Å²) in [6.45, 7) is 0.859. The van der Waals surface area contributed by atoms with Crippen LogP contribution < -0.4 is 10.6 Å². The number of nitrogens with zero attached hydrogens (tertiary/aromatic N) is 2. The van der Waals surface area contributed by atoms with E-state index in [0.29, 0.717) is 11.7 Å². The highest BCUT2D eigenvalue weighted by molar-refractivity contribution is 5.92. The number of hydrogen-bond acceptors (Lipinski definition) is 3. The molecule has 1 atom stereocenters. The van der Waals surface area contributed by atoms with E-state index in [1.54, 1.807) is 12.1 Å². The Morgan fingerprint density at radius 1 is 1.07 bits per heavy atom. The van der Waals surface area contributed by atoms with Gasteiger partial charge in [0.25, 0.3) is 0 Å². The Hall–Kier alpha value is -2.99. The summed E-state index contributed by atoms with van der Waals surface area (Å²) >= 11 is 0. The van der Waals surface area contributed by atoms with Crippen LogP contribution in [-0.4, -0.2) is 28.0 Å². The van der Waals surface area contributed by atoms with Gasteiger partial charge in [-0.25, -0.2) is 9.37 Å². The first-order valence-electron chi connectivity index (χ1n) is 10.6. The minimum absolute atomic E-state index is 0.0144. The van der Waals surface area contributed by atoms with Crippen LogP contribution in [0.3, 0.4) is 0 Å². The molecule has 0 radical (unpaired) electrons. The van der Waals surface area contributed by atoms with Crippen molar-refractivity contribution in [1.29, 1.82) is 0 Å². The van der Waals surface area contributed by atoms with E-state index >= 15 is 0 Å². The van der Waals surface area contributed by atoms with Crippen LogP contribution in [0.2, 0.25) is 0 Å². The van der Waals surface area contributed by atoms with Crippen LogP contribution in [0.25, 0.3) is 11.3 Å². The van der Waals surface area contributed by atoms with Crippen molar-refractivity contribution in [3.63, 3.8) is 0 Å². The molecule has 2 aromatic carbocycles. The Kier molecular flexibility index (Phi) is 5.09. The molecule has 3 aromatic rings. The van der Waals surface area contributed by atoms with Gasteiger partial charge in [0, 0.05) is 29.8 Å². The van der Waals surface area contributed by atoms with E-state index in [9.17, 15) is 9.18 Å². The molecule has 2 N–H and O–H groups in total. The second kappa shape index (κ2) is 8.03. The first-order valence-corrected chi connectivity index (χ1v) is 10.6. The highest BCUT2D eigenvalue weighted by Gasteiger charge is 2.30. The zero-order chi connectivity index (χ0) is 20.5.